The second kappa shape index (κ2) is 4.81. The van der Waals surface area contributed by atoms with Gasteiger partial charge in [-0.2, -0.15) is 0 Å². The molecule has 0 aliphatic carbocycles. The molecule has 100 valence electrons. The number of hydrogen-bond acceptors (Lipinski definition) is 3. The van der Waals surface area contributed by atoms with Gasteiger partial charge in [-0.1, -0.05) is 6.07 Å². The van der Waals surface area contributed by atoms with Crippen molar-refractivity contribution in [3.63, 3.8) is 0 Å². The van der Waals surface area contributed by atoms with Gasteiger partial charge in [0.25, 0.3) is 0 Å². The molecule has 0 spiro atoms. The van der Waals surface area contributed by atoms with Crippen LogP contribution in [0.3, 0.4) is 0 Å². The van der Waals surface area contributed by atoms with Gasteiger partial charge in [-0.25, -0.2) is 4.98 Å². The van der Waals surface area contributed by atoms with Crippen LogP contribution in [-0.4, -0.2) is 22.3 Å². The molecule has 0 saturated carbocycles. The first-order chi connectivity index (χ1) is 9.69. The first-order valence-electron chi connectivity index (χ1n) is 6.32. The summed E-state index contributed by atoms with van der Waals surface area (Å²) in [5.74, 6) is 0.565. The fourth-order valence-electron chi connectivity index (χ4n) is 2.22. The first-order valence-corrected chi connectivity index (χ1v) is 6.32. The van der Waals surface area contributed by atoms with E-state index in [2.05, 4.69) is 4.98 Å². The third-order valence-electron chi connectivity index (χ3n) is 3.26. The predicted molar refractivity (Wildman–Crippen MR) is 77.2 cm³/mol. The highest BCUT2D eigenvalue weighted by atomic mass is 16.5. The Labute approximate surface area is 116 Å². The highest BCUT2D eigenvalue weighted by Gasteiger charge is 2.10. The highest BCUT2D eigenvalue weighted by molar-refractivity contribution is 5.97. The molecule has 3 rings (SSSR count). The van der Waals surface area contributed by atoms with Crippen LogP contribution in [-0.2, 0) is 0 Å². The molecule has 4 nitrogen and oxygen atoms in total. The minimum atomic E-state index is -0.0107. The van der Waals surface area contributed by atoms with Gasteiger partial charge in [0.05, 0.1) is 18.4 Å². The Balaban J connectivity index is 2.11. The quantitative estimate of drug-likeness (QED) is 0.684. The monoisotopic (exact) mass is 266 g/mol. The average Bonchev–Trinajstić information content (AvgIpc) is 2.93. The maximum atomic E-state index is 11.5. The number of carbonyl (C=O) groups excluding carboxylic acids is 1. The zero-order valence-corrected chi connectivity index (χ0v) is 11.3. The van der Waals surface area contributed by atoms with Crippen LogP contribution in [0.15, 0.2) is 48.8 Å². The number of aromatic nitrogens is 2. The number of carbonyl (C=O) groups is 1. The van der Waals surface area contributed by atoms with Crippen LogP contribution in [0.4, 0.5) is 0 Å². The Morgan fingerprint density at radius 3 is 2.80 bits per heavy atom. The fourth-order valence-corrected chi connectivity index (χ4v) is 2.22. The van der Waals surface area contributed by atoms with E-state index in [0.29, 0.717) is 11.3 Å². The number of methoxy groups -OCH3 is 1. The van der Waals surface area contributed by atoms with Gasteiger partial charge < -0.3 is 9.14 Å². The topological polar surface area (TPSA) is 43.6 Å². The van der Waals surface area contributed by atoms with Gasteiger partial charge >= 0.3 is 0 Å². The molecule has 0 bridgehead atoms. The molecule has 0 unspecified atom stereocenters. The number of ketones is 1. The van der Waals surface area contributed by atoms with Crippen molar-refractivity contribution in [2.24, 2.45) is 0 Å². The molecule has 0 atom stereocenters. The Hall–Kier alpha value is -2.62. The standard InChI is InChI=1S/C16H14N2O2/c1-11(19)13-6-5-12(10-15(13)20-2)14-7-9-18-8-3-4-16(18)17-14/h3-10H,1-2H3. The molecule has 0 fully saturated rings. The van der Waals surface area contributed by atoms with Crippen LogP contribution in [0.2, 0.25) is 0 Å². The van der Waals surface area contributed by atoms with Crippen LogP contribution in [0.25, 0.3) is 16.9 Å². The summed E-state index contributed by atoms with van der Waals surface area (Å²) < 4.78 is 7.24. The number of ether oxygens (including phenoxy) is 1. The molecule has 0 saturated heterocycles. The maximum absolute atomic E-state index is 11.5. The molecule has 2 aromatic heterocycles. The van der Waals surface area contributed by atoms with E-state index in [1.54, 1.807) is 13.2 Å². The van der Waals surface area contributed by atoms with E-state index in [1.165, 1.54) is 6.92 Å². The molecule has 1 aromatic carbocycles. The van der Waals surface area contributed by atoms with Crippen molar-refractivity contribution < 1.29 is 9.53 Å². The third-order valence-corrected chi connectivity index (χ3v) is 3.26. The Bertz CT molecular complexity index is 790. The van der Waals surface area contributed by atoms with Crippen LogP contribution in [0, 0.1) is 0 Å². The van der Waals surface area contributed by atoms with Crippen molar-refractivity contribution >= 4 is 11.4 Å². The molecule has 2 heterocycles. The summed E-state index contributed by atoms with van der Waals surface area (Å²) in [4.78, 5) is 16.1. The van der Waals surface area contributed by atoms with Gasteiger partial charge in [-0.15, -0.1) is 0 Å². The highest BCUT2D eigenvalue weighted by Crippen LogP contribution is 2.26. The van der Waals surface area contributed by atoms with Crippen LogP contribution >= 0.6 is 0 Å². The molecule has 0 amide bonds. The smallest absolute Gasteiger partial charge is 0.163 e. The van der Waals surface area contributed by atoms with Crippen LogP contribution in [0.1, 0.15) is 17.3 Å². The minimum Gasteiger partial charge on any atom is -0.496 e. The molecular formula is C16H14N2O2. The van der Waals surface area contributed by atoms with Gasteiger partial charge in [-0.3, -0.25) is 4.79 Å². The number of Topliss-reactive ketones (excluding diaryl/α,β-unsaturated/α-hetero) is 1. The largest absolute Gasteiger partial charge is 0.496 e. The average molecular weight is 266 g/mol. The zero-order chi connectivity index (χ0) is 14.1. The summed E-state index contributed by atoms with van der Waals surface area (Å²) in [6, 6.07) is 11.4. The van der Waals surface area contributed by atoms with Gasteiger partial charge in [-0.05, 0) is 37.3 Å². The molecule has 0 aliphatic rings. The lowest BCUT2D eigenvalue weighted by Gasteiger charge is -2.08. The first kappa shape index (κ1) is 12.4. The lowest BCUT2D eigenvalue weighted by atomic mass is 10.1. The van der Waals surface area contributed by atoms with Gasteiger partial charge in [0.2, 0.25) is 0 Å². The molecule has 0 aliphatic heterocycles. The van der Waals surface area contributed by atoms with Crippen molar-refractivity contribution in [2.45, 2.75) is 6.92 Å². The number of rotatable bonds is 3. The van der Waals surface area contributed by atoms with Gasteiger partial charge in [0.1, 0.15) is 11.4 Å². The van der Waals surface area contributed by atoms with E-state index in [1.807, 2.05) is 47.1 Å². The van der Waals surface area contributed by atoms with Crippen molar-refractivity contribution in [2.75, 3.05) is 7.11 Å². The SMILES string of the molecule is COc1cc(-c2ccn3cccc3n2)ccc1C(C)=O. The van der Waals surface area contributed by atoms with E-state index < -0.39 is 0 Å². The van der Waals surface area contributed by atoms with Crippen LogP contribution < -0.4 is 4.74 Å². The minimum absolute atomic E-state index is 0.0107. The predicted octanol–water partition coefficient (Wildman–Crippen LogP) is 3.21. The fraction of sp³-hybridized carbons (Fsp3) is 0.125. The number of nitrogens with zero attached hydrogens (tertiary/aromatic N) is 2. The normalized spacial score (nSPS) is 10.7. The summed E-state index contributed by atoms with van der Waals surface area (Å²) in [5.41, 5.74) is 3.25. The molecule has 3 aromatic rings. The van der Waals surface area contributed by atoms with E-state index in [-0.39, 0.29) is 5.78 Å². The summed E-state index contributed by atoms with van der Waals surface area (Å²) in [5, 5.41) is 0. The maximum Gasteiger partial charge on any atom is 0.163 e. The van der Waals surface area contributed by atoms with E-state index in [0.717, 1.165) is 16.9 Å². The van der Waals surface area contributed by atoms with E-state index >= 15 is 0 Å². The molecule has 0 radical (unpaired) electrons. The van der Waals surface area contributed by atoms with Gasteiger partial charge in [0, 0.05) is 18.0 Å². The summed E-state index contributed by atoms with van der Waals surface area (Å²) in [6.07, 6.45) is 3.91. The summed E-state index contributed by atoms with van der Waals surface area (Å²) >= 11 is 0. The Morgan fingerprint density at radius 2 is 2.05 bits per heavy atom. The van der Waals surface area contributed by atoms with Gasteiger partial charge in [0.15, 0.2) is 5.78 Å². The van der Waals surface area contributed by atoms with Crippen molar-refractivity contribution in [3.8, 4) is 17.0 Å². The lowest BCUT2D eigenvalue weighted by Crippen LogP contribution is -1.98. The van der Waals surface area contributed by atoms with E-state index in [4.69, 9.17) is 4.74 Å². The summed E-state index contributed by atoms with van der Waals surface area (Å²) in [6.45, 7) is 1.53. The third kappa shape index (κ3) is 2.05. The second-order valence-corrected chi connectivity index (χ2v) is 4.56. The number of fused-ring (bicyclic) bond motifs is 1. The number of hydrogen-bond donors (Lipinski definition) is 0. The Kier molecular flexibility index (Phi) is 2.99. The van der Waals surface area contributed by atoms with Crippen molar-refractivity contribution in [1.82, 2.24) is 9.38 Å². The summed E-state index contributed by atoms with van der Waals surface area (Å²) in [7, 11) is 1.56. The lowest BCUT2D eigenvalue weighted by molar-refractivity contribution is 0.101. The van der Waals surface area contributed by atoms with Crippen LogP contribution in [0.5, 0.6) is 5.75 Å². The molecule has 20 heavy (non-hydrogen) atoms. The van der Waals surface area contributed by atoms with Crippen molar-refractivity contribution in [3.05, 3.63) is 54.4 Å². The second-order valence-electron chi connectivity index (χ2n) is 4.56. The van der Waals surface area contributed by atoms with Crippen molar-refractivity contribution in [1.29, 1.82) is 0 Å². The molecule has 0 N–H and O–H groups in total. The van der Waals surface area contributed by atoms with E-state index in [9.17, 15) is 4.79 Å². The number of benzene rings is 1. The molecule has 4 heteroatoms. The Morgan fingerprint density at radius 1 is 1.20 bits per heavy atom. The molecular weight excluding hydrogens is 252 g/mol. The zero-order valence-electron chi connectivity index (χ0n) is 11.3.